The molecule has 5 nitrogen and oxygen atoms in total. The van der Waals surface area contributed by atoms with Crippen LogP contribution in [0.25, 0.3) is 11.0 Å². The molecule has 0 unspecified atom stereocenters. The molecule has 0 aliphatic rings. The number of fused-ring (bicyclic) bond motifs is 1. The second kappa shape index (κ2) is 7.54. The molecule has 1 aromatic heterocycles. The van der Waals surface area contributed by atoms with E-state index in [1.54, 1.807) is 0 Å². The van der Waals surface area contributed by atoms with Gasteiger partial charge in [-0.2, -0.15) is 0 Å². The average Bonchev–Trinajstić information content (AvgIpc) is 3.02. The highest BCUT2D eigenvalue weighted by Crippen LogP contribution is 2.17. The largest absolute Gasteiger partial charge is 0.378 e. The number of carbonyl (C=O) groups excluding carboxylic acids is 1. The van der Waals surface area contributed by atoms with Crippen LogP contribution in [0.2, 0.25) is 0 Å². The number of anilines is 1. The zero-order valence-electron chi connectivity index (χ0n) is 14.2. The fourth-order valence-electron chi connectivity index (χ4n) is 2.41. The van der Waals surface area contributed by atoms with Crippen LogP contribution in [-0.2, 0) is 11.2 Å². The van der Waals surface area contributed by atoms with Gasteiger partial charge in [-0.15, -0.1) is 0 Å². The van der Waals surface area contributed by atoms with E-state index in [4.69, 9.17) is 4.52 Å². The van der Waals surface area contributed by atoms with Gasteiger partial charge >= 0.3 is 0 Å². The summed E-state index contributed by atoms with van der Waals surface area (Å²) in [4.78, 5) is 14.1. The molecule has 0 bridgehead atoms. The Morgan fingerprint density at radius 1 is 1.16 bits per heavy atom. The quantitative estimate of drug-likeness (QED) is 0.746. The maximum atomic E-state index is 12.0. The van der Waals surface area contributed by atoms with E-state index in [2.05, 4.69) is 22.3 Å². The molecule has 3 rings (SSSR count). The molecule has 3 aromatic rings. The number of nitrogens with one attached hydrogen (secondary N) is 1. The van der Waals surface area contributed by atoms with Crippen molar-refractivity contribution >= 4 is 22.6 Å². The molecular formula is C20H19N3O2. The zero-order valence-corrected chi connectivity index (χ0v) is 14.2. The first-order valence-electron chi connectivity index (χ1n) is 8.00. The molecule has 0 aliphatic heterocycles. The summed E-state index contributed by atoms with van der Waals surface area (Å²) in [5.74, 6) is 5.87. The lowest BCUT2D eigenvalue weighted by Gasteiger charge is -2.11. The maximum Gasteiger partial charge on any atom is 0.226 e. The predicted molar refractivity (Wildman–Crippen MR) is 98.4 cm³/mol. The minimum absolute atomic E-state index is 0.128. The molecule has 25 heavy (non-hydrogen) atoms. The van der Waals surface area contributed by atoms with Gasteiger partial charge in [0.15, 0.2) is 5.58 Å². The van der Waals surface area contributed by atoms with Crippen molar-refractivity contribution in [2.45, 2.75) is 6.42 Å². The van der Waals surface area contributed by atoms with E-state index >= 15 is 0 Å². The highest BCUT2D eigenvalue weighted by Gasteiger charge is 2.11. The van der Waals surface area contributed by atoms with Crippen LogP contribution in [0.1, 0.15) is 11.3 Å². The van der Waals surface area contributed by atoms with E-state index in [-0.39, 0.29) is 12.3 Å². The van der Waals surface area contributed by atoms with Gasteiger partial charge in [0.05, 0.1) is 13.0 Å². The topological polar surface area (TPSA) is 58.4 Å². The smallest absolute Gasteiger partial charge is 0.226 e. The molecule has 1 N–H and O–H groups in total. The predicted octanol–water partition coefficient (Wildman–Crippen LogP) is 2.60. The molecule has 0 radical (unpaired) electrons. The number of amides is 1. The lowest BCUT2D eigenvalue weighted by Crippen LogP contribution is -2.25. The summed E-state index contributed by atoms with van der Waals surface area (Å²) in [6, 6.07) is 15.4. The third-order valence-electron chi connectivity index (χ3n) is 3.77. The third kappa shape index (κ3) is 4.18. The van der Waals surface area contributed by atoms with E-state index in [0.29, 0.717) is 17.8 Å². The van der Waals surface area contributed by atoms with E-state index < -0.39 is 0 Å². The van der Waals surface area contributed by atoms with Crippen molar-refractivity contribution in [1.82, 2.24) is 10.5 Å². The van der Waals surface area contributed by atoms with Crippen molar-refractivity contribution in [3.63, 3.8) is 0 Å². The van der Waals surface area contributed by atoms with Gasteiger partial charge in [0, 0.05) is 30.7 Å². The Morgan fingerprint density at radius 3 is 2.68 bits per heavy atom. The van der Waals surface area contributed by atoms with Gasteiger partial charge in [-0.05, 0) is 36.4 Å². The molecule has 0 saturated heterocycles. The van der Waals surface area contributed by atoms with Gasteiger partial charge in [0.2, 0.25) is 5.91 Å². The van der Waals surface area contributed by atoms with Crippen LogP contribution in [0.4, 0.5) is 5.69 Å². The zero-order chi connectivity index (χ0) is 17.6. The Hall–Kier alpha value is -3.26. The highest BCUT2D eigenvalue weighted by molar-refractivity contribution is 5.86. The summed E-state index contributed by atoms with van der Waals surface area (Å²) in [5, 5.41) is 7.61. The number of benzene rings is 2. The Labute approximate surface area is 146 Å². The van der Waals surface area contributed by atoms with Crippen LogP contribution in [0.3, 0.4) is 0 Å². The number of para-hydroxylation sites is 1. The minimum Gasteiger partial charge on any atom is -0.378 e. The number of hydrogen-bond acceptors (Lipinski definition) is 4. The summed E-state index contributed by atoms with van der Waals surface area (Å²) in [5.41, 5.74) is 3.37. The summed E-state index contributed by atoms with van der Waals surface area (Å²) >= 11 is 0. The van der Waals surface area contributed by atoms with Crippen molar-refractivity contribution in [2.24, 2.45) is 0 Å². The molecule has 0 aliphatic carbocycles. The Bertz CT molecular complexity index is 931. The van der Waals surface area contributed by atoms with Crippen LogP contribution < -0.4 is 10.2 Å². The van der Waals surface area contributed by atoms with Crippen molar-refractivity contribution in [3.05, 3.63) is 59.8 Å². The normalized spacial score (nSPS) is 10.2. The van der Waals surface area contributed by atoms with Crippen molar-refractivity contribution in [1.29, 1.82) is 0 Å². The molecule has 1 heterocycles. The SMILES string of the molecule is CN(C)c1ccc(C#CCNC(=O)Cc2noc3ccccc23)cc1. The maximum absolute atomic E-state index is 12.0. The molecule has 2 aromatic carbocycles. The van der Waals surface area contributed by atoms with Crippen molar-refractivity contribution in [2.75, 3.05) is 25.5 Å². The first-order chi connectivity index (χ1) is 12.1. The van der Waals surface area contributed by atoms with Gasteiger partial charge in [0.1, 0.15) is 5.69 Å². The van der Waals surface area contributed by atoms with Crippen LogP contribution in [-0.4, -0.2) is 31.7 Å². The molecule has 0 saturated carbocycles. The van der Waals surface area contributed by atoms with Gasteiger partial charge in [-0.1, -0.05) is 29.1 Å². The van der Waals surface area contributed by atoms with Gasteiger partial charge < -0.3 is 14.7 Å². The number of rotatable bonds is 4. The number of hydrogen-bond donors (Lipinski definition) is 1. The van der Waals surface area contributed by atoms with Gasteiger partial charge in [-0.25, -0.2) is 0 Å². The lowest BCUT2D eigenvalue weighted by molar-refractivity contribution is -0.120. The molecule has 5 heteroatoms. The highest BCUT2D eigenvalue weighted by atomic mass is 16.5. The molecule has 126 valence electrons. The van der Waals surface area contributed by atoms with Gasteiger partial charge in [0.25, 0.3) is 0 Å². The Morgan fingerprint density at radius 2 is 1.92 bits per heavy atom. The first kappa shape index (κ1) is 16.6. The number of aromatic nitrogens is 1. The lowest BCUT2D eigenvalue weighted by atomic mass is 10.1. The van der Waals surface area contributed by atoms with E-state index in [9.17, 15) is 4.79 Å². The second-order valence-electron chi connectivity index (χ2n) is 5.82. The minimum atomic E-state index is -0.128. The standard InChI is InChI=1S/C20H19N3O2/c1-23(2)16-11-9-15(10-12-16)6-5-13-21-20(24)14-18-17-7-3-4-8-19(17)25-22-18/h3-4,7-12H,13-14H2,1-2H3,(H,21,24). The summed E-state index contributed by atoms with van der Waals surface area (Å²) < 4.78 is 5.20. The molecule has 0 fully saturated rings. The summed E-state index contributed by atoms with van der Waals surface area (Å²) in [6.45, 7) is 0.296. The monoisotopic (exact) mass is 333 g/mol. The second-order valence-corrected chi connectivity index (χ2v) is 5.82. The van der Waals surface area contributed by atoms with Gasteiger partial charge in [-0.3, -0.25) is 4.79 Å². The number of nitrogens with zero attached hydrogens (tertiary/aromatic N) is 2. The molecule has 0 spiro atoms. The fraction of sp³-hybridized carbons (Fsp3) is 0.200. The van der Waals surface area contributed by atoms with E-state index in [0.717, 1.165) is 16.6 Å². The van der Waals surface area contributed by atoms with Crippen LogP contribution in [0, 0.1) is 11.8 Å². The Kier molecular flexibility index (Phi) is 5.00. The fourth-order valence-corrected chi connectivity index (χ4v) is 2.41. The first-order valence-corrected chi connectivity index (χ1v) is 8.00. The van der Waals surface area contributed by atoms with Crippen LogP contribution >= 0.6 is 0 Å². The third-order valence-corrected chi connectivity index (χ3v) is 3.77. The van der Waals surface area contributed by atoms with Crippen molar-refractivity contribution in [3.8, 4) is 11.8 Å². The molecule has 0 atom stereocenters. The average molecular weight is 333 g/mol. The van der Waals surface area contributed by atoms with Crippen LogP contribution in [0.15, 0.2) is 53.1 Å². The Balaban J connectivity index is 1.53. The van der Waals surface area contributed by atoms with E-state index in [1.807, 2.05) is 67.5 Å². The number of carbonyl (C=O) groups is 1. The summed E-state index contributed by atoms with van der Waals surface area (Å²) in [7, 11) is 3.99. The summed E-state index contributed by atoms with van der Waals surface area (Å²) in [6.07, 6.45) is 0.177. The molecule has 1 amide bonds. The van der Waals surface area contributed by atoms with Crippen LogP contribution in [0.5, 0.6) is 0 Å². The molecular weight excluding hydrogens is 314 g/mol. The van der Waals surface area contributed by atoms with E-state index in [1.165, 1.54) is 0 Å². The van der Waals surface area contributed by atoms with Crippen molar-refractivity contribution < 1.29 is 9.32 Å².